The van der Waals surface area contributed by atoms with Gasteiger partial charge in [-0.25, -0.2) is 0 Å². The van der Waals surface area contributed by atoms with Crippen molar-refractivity contribution in [2.75, 3.05) is 14.2 Å². The summed E-state index contributed by atoms with van der Waals surface area (Å²) >= 11 is 0. The van der Waals surface area contributed by atoms with E-state index in [9.17, 15) is 9.90 Å². The number of carbonyl (C=O) groups excluding carboxylic acids is 1. The SMILES string of the molecule is COc1c(OC(C)=O)c(O)c(OC)c2occc12. The fraction of sp³-hybridized carbons (Fsp3) is 0.250. The molecule has 0 aliphatic carbocycles. The predicted octanol–water partition coefficient (Wildman–Crippen LogP) is 2.08. The standard InChI is InChI=1S/C12H12O6/c1-6(13)18-12-8(14)11(16-3)10-7(4-5-17-10)9(12)15-2/h4-5,14H,1-3H3. The van der Waals surface area contributed by atoms with E-state index < -0.39 is 5.97 Å². The Morgan fingerprint density at radius 1 is 1.22 bits per heavy atom. The summed E-state index contributed by atoms with van der Waals surface area (Å²) in [6.07, 6.45) is 1.42. The van der Waals surface area contributed by atoms with Crippen LogP contribution < -0.4 is 14.2 Å². The van der Waals surface area contributed by atoms with Crippen LogP contribution in [-0.4, -0.2) is 25.3 Å². The highest BCUT2D eigenvalue weighted by Gasteiger charge is 2.25. The fourth-order valence-corrected chi connectivity index (χ4v) is 1.73. The molecule has 0 aliphatic rings. The van der Waals surface area contributed by atoms with Gasteiger partial charge in [0.1, 0.15) is 0 Å². The van der Waals surface area contributed by atoms with Crippen LogP contribution in [0.1, 0.15) is 6.92 Å². The molecule has 6 nitrogen and oxygen atoms in total. The summed E-state index contributed by atoms with van der Waals surface area (Å²) in [6, 6.07) is 1.63. The lowest BCUT2D eigenvalue weighted by atomic mass is 10.2. The fourth-order valence-electron chi connectivity index (χ4n) is 1.73. The Balaban J connectivity index is 2.80. The molecule has 0 bridgehead atoms. The molecule has 0 spiro atoms. The van der Waals surface area contributed by atoms with Crippen molar-refractivity contribution in [2.45, 2.75) is 6.92 Å². The summed E-state index contributed by atoms with van der Waals surface area (Å²) < 4.78 is 20.4. The second-order valence-corrected chi connectivity index (χ2v) is 3.50. The first-order valence-corrected chi connectivity index (χ1v) is 5.12. The first kappa shape index (κ1) is 12.1. The highest BCUT2D eigenvalue weighted by Crippen LogP contribution is 2.50. The number of hydrogen-bond acceptors (Lipinski definition) is 6. The molecule has 18 heavy (non-hydrogen) atoms. The molecule has 0 saturated heterocycles. The van der Waals surface area contributed by atoms with Crippen molar-refractivity contribution in [1.82, 2.24) is 0 Å². The molecule has 2 rings (SSSR count). The third kappa shape index (κ3) is 1.71. The van der Waals surface area contributed by atoms with E-state index in [1.807, 2.05) is 0 Å². The van der Waals surface area contributed by atoms with E-state index in [2.05, 4.69) is 0 Å². The quantitative estimate of drug-likeness (QED) is 0.665. The van der Waals surface area contributed by atoms with E-state index in [-0.39, 0.29) is 23.0 Å². The second-order valence-electron chi connectivity index (χ2n) is 3.50. The highest BCUT2D eigenvalue weighted by molar-refractivity contribution is 5.95. The number of aromatic hydroxyl groups is 1. The van der Waals surface area contributed by atoms with Crippen LogP contribution in [0, 0.1) is 0 Å². The molecule has 0 atom stereocenters. The molecule has 1 aromatic heterocycles. The molecule has 96 valence electrons. The number of phenolic OH excluding ortho intramolecular Hbond substituents is 1. The van der Waals surface area contributed by atoms with Crippen molar-refractivity contribution < 1.29 is 28.5 Å². The van der Waals surface area contributed by atoms with E-state index in [0.29, 0.717) is 11.0 Å². The summed E-state index contributed by atoms with van der Waals surface area (Å²) in [7, 11) is 2.78. The minimum Gasteiger partial charge on any atom is -0.501 e. The van der Waals surface area contributed by atoms with Crippen molar-refractivity contribution >= 4 is 16.9 Å². The average molecular weight is 252 g/mol. The molecular weight excluding hydrogens is 240 g/mol. The lowest BCUT2D eigenvalue weighted by Gasteiger charge is -2.13. The number of benzene rings is 1. The Kier molecular flexibility index (Phi) is 3.01. The third-order valence-corrected chi connectivity index (χ3v) is 2.41. The van der Waals surface area contributed by atoms with Crippen molar-refractivity contribution in [3.8, 4) is 23.0 Å². The zero-order valence-electron chi connectivity index (χ0n) is 10.1. The summed E-state index contributed by atoms with van der Waals surface area (Å²) in [6.45, 7) is 1.23. The first-order chi connectivity index (χ1) is 8.60. The summed E-state index contributed by atoms with van der Waals surface area (Å²) in [4.78, 5) is 11.1. The Morgan fingerprint density at radius 3 is 2.44 bits per heavy atom. The minimum absolute atomic E-state index is 0.0873. The summed E-state index contributed by atoms with van der Waals surface area (Å²) in [5.74, 6) is -0.699. The molecule has 1 aromatic carbocycles. The largest absolute Gasteiger partial charge is 0.501 e. The lowest BCUT2D eigenvalue weighted by Crippen LogP contribution is -2.04. The van der Waals surface area contributed by atoms with Gasteiger partial charge in [-0.1, -0.05) is 0 Å². The predicted molar refractivity (Wildman–Crippen MR) is 62.3 cm³/mol. The Morgan fingerprint density at radius 2 is 1.89 bits per heavy atom. The summed E-state index contributed by atoms with van der Waals surface area (Å²) in [5, 5.41) is 10.6. The smallest absolute Gasteiger partial charge is 0.308 e. The van der Waals surface area contributed by atoms with Gasteiger partial charge < -0.3 is 23.7 Å². The maximum Gasteiger partial charge on any atom is 0.308 e. The number of phenols is 1. The number of esters is 1. The van der Waals surface area contributed by atoms with Gasteiger partial charge in [0.2, 0.25) is 17.2 Å². The molecule has 0 radical (unpaired) electrons. The van der Waals surface area contributed by atoms with Gasteiger partial charge in [0.05, 0.1) is 25.9 Å². The van der Waals surface area contributed by atoms with Crippen LogP contribution in [-0.2, 0) is 4.79 Å². The Labute approximate surface area is 103 Å². The van der Waals surface area contributed by atoms with Crippen LogP contribution >= 0.6 is 0 Å². The van der Waals surface area contributed by atoms with Crippen molar-refractivity contribution in [2.24, 2.45) is 0 Å². The van der Waals surface area contributed by atoms with Crippen LogP contribution in [0.25, 0.3) is 11.0 Å². The van der Waals surface area contributed by atoms with E-state index in [1.54, 1.807) is 6.07 Å². The number of rotatable bonds is 3. The topological polar surface area (TPSA) is 78.1 Å². The zero-order chi connectivity index (χ0) is 13.3. The van der Waals surface area contributed by atoms with E-state index in [4.69, 9.17) is 18.6 Å². The number of furan rings is 1. The molecule has 0 fully saturated rings. The van der Waals surface area contributed by atoms with Gasteiger partial charge in [-0.3, -0.25) is 4.79 Å². The molecule has 6 heteroatoms. The van der Waals surface area contributed by atoms with Gasteiger partial charge in [0.15, 0.2) is 11.3 Å². The van der Waals surface area contributed by atoms with Gasteiger partial charge in [-0.2, -0.15) is 0 Å². The van der Waals surface area contributed by atoms with Gasteiger partial charge in [0, 0.05) is 6.92 Å². The van der Waals surface area contributed by atoms with E-state index in [1.165, 1.54) is 27.4 Å². The number of carbonyl (C=O) groups is 1. The van der Waals surface area contributed by atoms with E-state index in [0.717, 1.165) is 0 Å². The van der Waals surface area contributed by atoms with Gasteiger partial charge in [-0.15, -0.1) is 0 Å². The van der Waals surface area contributed by atoms with Crippen LogP contribution in [0.5, 0.6) is 23.0 Å². The molecule has 0 saturated carbocycles. The molecule has 1 N–H and O–H groups in total. The highest BCUT2D eigenvalue weighted by atomic mass is 16.6. The van der Waals surface area contributed by atoms with Gasteiger partial charge in [-0.05, 0) is 6.07 Å². The van der Waals surface area contributed by atoms with Crippen molar-refractivity contribution in [3.63, 3.8) is 0 Å². The van der Waals surface area contributed by atoms with Crippen LogP contribution in [0.15, 0.2) is 16.7 Å². The van der Waals surface area contributed by atoms with Gasteiger partial charge in [0.25, 0.3) is 0 Å². The molecule has 0 amide bonds. The lowest BCUT2D eigenvalue weighted by molar-refractivity contribution is -0.132. The maximum atomic E-state index is 11.1. The van der Waals surface area contributed by atoms with Crippen LogP contribution in [0.2, 0.25) is 0 Å². The number of hydrogen-bond donors (Lipinski definition) is 1. The zero-order valence-corrected chi connectivity index (χ0v) is 10.1. The molecule has 2 aromatic rings. The van der Waals surface area contributed by atoms with Gasteiger partial charge >= 0.3 is 5.97 Å². The average Bonchev–Trinajstić information content (AvgIpc) is 2.78. The number of ether oxygens (including phenoxy) is 3. The first-order valence-electron chi connectivity index (χ1n) is 5.12. The molecule has 1 heterocycles. The van der Waals surface area contributed by atoms with Crippen LogP contribution in [0.4, 0.5) is 0 Å². The molecule has 0 unspecified atom stereocenters. The molecular formula is C12H12O6. The summed E-state index contributed by atoms with van der Waals surface area (Å²) in [5.41, 5.74) is 0.322. The number of fused-ring (bicyclic) bond motifs is 1. The third-order valence-electron chi connectivity index (χ3n) is 2.41. The van der Waals surface area contributed by atoms with E-state index >= 15 is 0 Å². The Bertz CT molecular complexity index is 598. The normalized spacial score (nSPS) is 10.4. The molecule has 0 aliphatic heterocycles. The minimum atomic E-state index is -0.575. The maximum absolute atomic E-state index is 11.1. The second kappa shape index (κ2) is 4.48. The van der Waals surface area contributed by atoms with Crippen molar-refractivity contribution in [1.29, 1.82) is 0 Å². The number of methoxy groups -OCH3 is 2. The monoisotopic (exact) mass is 252 g/mol. The Hall–Kier alpha value is -2.37. The van der Waals surface area contributed by atoms with Crippen LogP contribution in [0.3, 0.4) is 0 Å². The van der Waals surface area contributed by atoms with Crippen molar-refractivity contribution in [3.05, 3.63) is 12.3 Å².